The summed E-state index contributed by atoms with van der Waals surface area (Å²) in [6, 6.07) is 7.61. The smallest absolute Gasteiger partial charge is 0.321 e. The first kappa shape index (κ1) is 17.0. The minimum Gasteiger partial charge on any atom is -0.491 e. The highest BCUT2D eigenvalue weighted by Crippen LogP contribution is 2.22. The summed E-state index contributed by atoms with van der Waals surface area (Å²) in [6.45, 7) is 5.84. The summed E-state index contributed by atoms with van der Waals surface area (Å²) in [7, 11) is 0. The molecule has 1 fully saturated rings. The Labute approximate surface area is 137 Å². The maximum absolute atomic E-state index is 12.3. The number of nitrogens with one attached hydrogen (secondary N) is 1. The van der Waals surface area contributed by atoms with Gasteiger partial charge in [-0.25, -0.2) is 4.79 Å². The zero-order valence-corrected chi connectivity index (χ0v) is 14.5. The fraction of sp³-hybridized carbons (Fsp3) is 0.588. The molecule has 5 heteroatoms. The van der Waals surface area contributed by atoms with Gasteiger partial charge in [0.1, 0.15) is 5.75 Å². The number of carbonyl (C=O) groups is 1. The highest BCUT2D eigenvalue weighted by Gasteiger charge is 2.25. The van der Waals surface area contributed by atoms with Crippen LogP contribution in [0.2, 0.25) is 0 Å². The van der Waals surface area contributed by atoms with Crippen molar-refractivity contribution in [3.63, 3.8) is 0 Å². The van der Waals surface area contributed by atoms with E-state index in [1.54, 1.807) is 0 Å². The maximum atomic E-state index is 12.3. The number of likely N-dealkylation sites (tertiary alicyclic amines) is 1. The molecule has 0 aliphatic carbocycles. The van der Waals surface area contributed by atoms with Crippen LogP contribution in [0.4, 0.5) is 10.5 Å². The summed E-state index contributed by atoms with van der Waals surface area (Å²) in [5.74, 6) is 2.55. The monoisotopic (exact) mass is 322 g/mol. The van der Waals surface area contributed by atoms with Crippen LogP contribution in [0.3, 0.4) is 0 Å². The van der Waals surface area contributed by atoms with Gasteiger partial charge in [0.25, 0.3) is 0 Å². The minimum atomic E-state index is -0.00991. The fourth-order valence-corrected chi connectivity index (χ4v) is 3.30. The topological polar surface area (TPSA) is 41.6 Å². The fourth-order valence-electron chi connectivity index (χ4n) is 2.55. The molecule has 0 aromatic heterocycles. The molecule has 2 unspecified atom stereocenters. The van der Waals surface area contributed by atoms with Crippen LogP contribution in [-0.2, 0) is 0 Å². The molecule has 0 bridgehead atoms. The Kier molecular flexibility index (Phi) is 6.43. The van der Waals surface area contributed by atoms with Crippen LogP contribution in [0.15, 0.2) is 24.3 Å². The largest absolute Gasteiger partial charge is 0.491 e. The molecule has 1 aromatic carbocycles. The summed E-state index contributed by atoms with van der Waals surface area (Å²) in [5, 5.41) is 2.98. The molecule has 1 aliphatic rings. The summed E-state index contributed by atoms with van der Waals surface area (Å²) >= 11 is 1.85. The molecule has 2 atom stereocenters. The second kappa shape index (κ2) is 8.32. The number of hydrogen-bond acceptors (Lipinski definition) is 3. The Bertz CT molecular complexity index is 495. The van der Waals surface area contributed by atoms with Crippen molar-refractivity contribution in [2.45, 2.75) is 32.8 Å². The molecule has 122 valence electrons. The van der Waals surface area contributed by atoms with Crippen molar-refractivity contribution < 1.29 is 9.53 Å². The highest BCUT2D eigenvalue weighted by atomic mass is 32.2. The summed E-state index contributed by atoms with van der Waals surface area (Å²) < 4.78 is 5.79. The van der Waals surface area contributed by atoms with Crippen LogP contribution in [-0.4, -0.2) is 42.1 Å². The van der Waals surface area contributed by atoms with Gasteiger partial charge in [-0.15, -0.1) is 0 Å². The quantitative estimate of drug-likeness (QED) is 0.858. The normalized spacial score (nSPS) is 19.0. The summed E-state index contributed by atoms with van der Waals surface area (Å²) in [5.41, 5.74) is 0.791. The molecule has 1 aromatic rings. The van der Waals surface area contributed by atoms with E-state index >= 15 is 0 Å². The number of nitrogens with zero attached hydrogens (tertiary/aromatic N) is 1. The van der Waals surface area contributed by atoms with E-state index in [0.29, 0.717) is 5.92 Å². The number of ether oxygens (including phenoxy) is 1. The number of anilines is 1. The lowest BCUT2D eigenvalue weighted by Crippen LogP contribution is -2.33. The van der Waals surface area contributed by atoms with Gasteiger partial charge in [-0.1, -0.05) is 13.0 Å². The maximum Gasteiger partial charge on any atom is 0.321 e. The first-order valence-electron chi connectivity index (χ1n) is 7.94. The molecule has 0 saturated carbocycles. The van der Waals surface area contributed by atoms with Gasteiger partial charge in [-0.2, -0.15) is 11.8 Å². The van der Waals surface area contributed by atoms with E-state index in [4.69, 9.17) is 4.74 Å². The second-order valence-electron chi connectivity index (χ2n) is 5.85. The van der Waals surface area contributed by atoms with E-state index in [9.17, 15) is 4.79 Å². The summed E-state index contributed by atoms with van der Waals surface area (Å²) in [6.07, 6.45) is 4.36. The number of thioether (sulfide) groups is 1. The van der Waals surface area contributed by atoms with Crippen molar-refractivity contribution in [3.05, 3.63) is 24.3 Å². The average Bonchev–Trinajstić information content (AvgIpc) is 2.96. The summed E-state index contributed by atoms with van der Waals surface area (Å²) in [4.78, 5) is 14.2. The van der Waals surface area contributed by atoms with Crippen molar-refractivity contribution >= 4 is 23.5 Å². The van der Waals surface area contributed by atoms with Gasteiger partial charge >= 0.3 is 6.03 Å². The van der Waals surface area contributed by atoms with Crippen LogP contribution in [0.25, 0.3) is 0 Å². The predicted molar refractivity (Wildman–Crippen MR) is 93.9 cm³/mol. The van der Waals surface area contributed by atoms with Crippen LogP contribution >= 0.6 is 11.8 Å². The number of amides is 2. The van der Waals surface area contributed by atoms with Crippen LogP contribution in [0, 0.1) is 5.92 Å². The lowest BCUT2D eigenvalue weighted by molar-refractivity contribution is 0.217. The molecular formula is C17H26N2O2S. The molecule has 0 radical (unpaired) electrons. The van der Waals surface area contributed by atoms with Crippen LogP contribution in [0.1, 0.15) is 26.7 Å². The Balaban J connectivity index is 1.90. The first-order chi connectivity index (χ1) is 10.6. The van der Waals surface area contributed by atoms with E-state index in [0.717, 1.165) is 43.1 Å². The zero-order chi connectivity index (χ0) is 15.9. The van der Waals surface area contributed by atoms with Crippen molar-refractivity contribution in [2.24, 2.45) is 5.92 Å². The molecule has 1 saturated heterocycles. The zero-order valence-electron chi connectivity index (χ0n) is 13.7. The Morgan fingerprint density at radius 1 is 1.55 bits per heavy atom. The lowest BCUT2D eigenvalue weighted by Gasteiger charge is -2.18. The Morgan fingerprint density at radius 2 is 2.36 bits per heavy atom. The second-order valence-corrected chi connectivity index (χ2v) is 6.76. The van der Waals surface area contributed by atoms with E-state index in [-0.39, 0.29) is 12.1 Å². The van der Waals surface area contributed by atoms with Gasteiger partial charge in [-0.3, -0.25) is 0 Å². The van der Waals surface area contributed by atoms with E-state index in [1.807, 2.05) is 47.9 Å². The van der Waals surface area contributed by atoms with Gasteiger partial charge < -0.3 is 15.0 Å². The molecule has 1 aliphatic heterocycles. The minimum absolute atomic E-state index is 0.00991. The molecular weight excluding hydrogens is 296 g/mol. The third-order valence-corrected chi connectivity index (χ3v) is 4.78. The molecule has 0 spiro atoms. The van der Waals surface area contributed by atoms with E-state index in [1.165, 1.54) is 0 Å². The molecule has 4 nitrogen and oxygen atoms in total. The Hall–Kier alpha value is -1.36. The number of hydrogen-bond donors (Lipinski definition) is 1. The predicted octanol–water partition coefficient (Wildman–Crippen LogP) is 4.08. The number of benzene rings is 1. The van der Waals surface area contributed by atoms with Gasteiger partial charge in [0.15, 0.2) is 0 Å². The van der Waals surface area contributed by atoms with Crippen LogP contribution in [0.5, 0.6) is 5.75 Å². The van der Waals surface area contributed by atoms with Gasteiger partial charge in [0, 0.05) is 24.8 Å². The van der Waals surface area contributed by atoms with Crippen molar-refractivity contribution in [1.82, 2.24) is 4.90 Å². The first-order valence-corrected chi connectivity index (χ1v) is 9.33. The molecule has 2 amide bonds. The molecule has 1 N–H and O–H groups in total. The van der Waals surface area contributed by atoms with Gasteiger partial charge in [-0.05, 0) is 49.8 Å². The highest BCUT2D eigenvalue weighted by molar-refractivity contribution is 7.98. The van der Waals surface area contributed by atoms with Crippen LogP contribution < -0.4 is 10.1 Å². The number of carbonyl (C=O) groups excluding carboxylic acids is 1. The number of rotatable bonds is 6. The van der Waals surface area contributed by atoms with E-state index in [2.05, 4.69) is 18.5 Å². The molecule has 22 heavy (non-hydrogen) atoms. The standard InChI is InChI=1S/C17H26N2O2S/c1-4-13(2)21-16-7-5-6-15(10-16)18-17(20)19-9-8-14(11-19)12-22-3/h5-7,10,13-14H,4,8-9,11-12H2,1-3H3,(H,18,20). The van der Waals surface area contributed by atoms with Crippen molar-refractivity contribution in [3.8, 4) is 5.75 Å². The Morgan fingerprint density at radius 3 is 3.09 bits per heavy atom. The van der Waals surface area contributed by atoms with Crippen molar-refractivity contribution in [1.29, 1.82) is 0 Å². The SMILES string of the molecule is CCC(C)Oc1cccc(NC(=O)N2CCC(CSC)C2)c1. The van der Waals surface area contributed by atoms with E-state index < -0.39 is 0 Å². The molecule has 2 rings (SSSR count). The third kappa shape index (κ3) is 4.83. The lowest BCUT2D eigenvalue weighted by atomic mass is 10.2. The third-order valence-electron chi connectivity index (χ3n) is 3.97. The van der Waals surface area contributed by atoms with Gasteiger partial charge in [0.2, 0.25) is 0 Å². The van der Waals surface area contributed by atoms with Crippen molar-refractivity contribution in [2.75, 3.05) is 30.4 Å². The number of urea groups is 1. The average molecular weight is 322 g/mol. The molecule has 1 heterocycles. The van der Waals surface area contributed by atoms with Gasteiger partial charge in [0.05, 0.1) is 6.10 Å².